The SMILES string of the molecule is CN1C(=O)CC(NCCc2cccnc2)C1=O. The fourth-order valence-electron chi connectivity index (χ4n) is 1.85. The van der Waals surface area contributed by atoms with Crippen LogP contribution < -0.4 is 5.32 Å². The van der Waals surface area contributed by atoms with Crippen molar-refractivity contribution < 1.29 is 9.59 Å². The minimum Gasteiger partial charge on any atom is -0.305 e. The van der Waals surface area contributed by atoms with Crippen molar-refractivity contribution in [3.8, 4) is 0 Å². The summed E-state index contributed by atoms with van der Waals surface area (Å²) in [5.74, 6) is -0.255. The number of amides is 2. The number of hydrogen-bond donors (Lipinski definition) is 1. The van der Waals surface area contributed by atoms with Gasteiger partial charge in [0.15, 0.2) is 0 Å². The Bertz CT molecular complexity index is 419. The molecule has 0 radical (unpaired) electrons. The second-order valence-electron chi connectivity index (χ2n) is 4.11. The molecule has 0 aliphatic carbocycles. The normalized spacial score (nSPS) is 20.1. The second kappa shape index (κ2) is 5.05. The summed E-state index contributed by atoms with van der Waals surface area (Å²) in [6, 6.07) is 3.51. The highest BCUT2D eigenvalue weighted by Crippen LogP contribution is 2.10. The van der Waals surface area contributed by atoms with Crippen LogP contribution >= 0.6 is 0 Å². The van der Waals surface area contributed by atoms with Gasteiger partial charge in [0.1, 0.15) is 0 Å². The van der Waals surface area contributed by atoms with E-state index in [9.17, 15) is 9.59 Å². The first kappa shape index (κ1) is 11.7. The first-order valence-electron chi connectivity index (χ1n) is 5.61. The van der Waals surface area contributed by atoms with Gasteiger partial charge in [-0.3, -0.25) is 19.5 Å². The predicted octanol–water partition coefficient (Wildman–Crippen LogP) is -0.0290. The van der Waals surface area contributed by atoms with Crippen molar-refractivity contribution in [2.24, 2.45) is 0 Å². The molecule has 90 valence electrons. The lowest BCUT2D eigenvalue weighted by Gasteiger charge is -2.10. The van der Waals surface area contributed by atoms with E-state index in [-0.39, 0.29) is 24.3 Å². The minimum atomic E-state index is -0.357. The number of hydrogen-bond acceptors (Lipinski definition) is 4. The minimum absolute atomic E-state index is 0.117. The van der Waals surface area contributed by atoms with Gasteiger partial charge < -0.3 is 5.32 Å². The second-order valence-corrected chi connectivity index (χ2v) is 4.11. The molecule has 1 saturated heterocycles. The smallest absolute Gasteiger partial charge is 0.246 e. The largest absolute Gasteiger partial charge is 0.305 e. The summed E-state index contributed by atoms with van der Waals surface area (Å²) < 4.78 is 0. The highest BCUT2D eigenvalue weighted by atomic mass is 16.2. The van der Waals surface area contributed by atoms with E-state index in [0.717, 1.165) is 12.0 Å². The Hall–Kier alpha value is -1.75. The van der Waals surface area contributed by atoms with Gasteiger partial charge in [-0.15, -0.1) is 0 Å². The van der Waals surface area contributed by atoms with Gasteiger partial charge in [0, 0.05) is 19.4 Å². The van der Waals surface area contributed by atoms with Crippen LogP contribution in [-0.4, -0.2) is 41.3 Å². The van der Waals surface area contributed by atoms with Crippen LogP contribution in [0.1, 0.15) is 12.0 Å². The molecule has 1 N–H and O–H groups in total. The van der Waals surface area contributed by atoms with E-state index in [1.54, 1.807) is 12.4 Å². The fourth-order valence-corrected chi connectivity index (χ4v) is 1.85. The molecule has 5 nitrogen and oxygen atoms in total. The maximum absolute atomic E-state index is 11.6. The van der Waals surface area contributed by atoms with Crippen LogP contribution in [-0.2, 0) is 16.0 Å². The number of nitrogens with zero attached hydrogens (tertiary/aromatic N) is 2. The highest BCUT2D eigenvalue weighted by molar-refractivity contribution is 6.05. The molecule has 2 rings (SSSR count). The Labute approximate surface area is 99.8 Å². The summed E-state index contributed by atoms with van der Waals surface area (Å²) in [4.78, 5) is 28.1. The van der Waals surface area contributed by atoms with Crippen molar-refractivity contribution in [1.29, 1.82) is 0 Å². The zero-order chi connectivity index (χ0) is 12.3. The number of imide groups is 1. The van der Waals surface area contributed by atoms with E-state index in [4.69, 9.17) is 0 Å². The highest BCUT2D eigenvalue weighted by Gasteiger charge is 2.35. The Morgan fingerprint density at radius 3 is 2.94 bits per heavy atom. The first-order chi connectivity index (χ1) is 8.18. The summed E-state index contributed by atoms with van der Waals surface area (Å²) in [5, 5.41) is 3.10. The Balaban J connectivity index is 1.80. The molecule has 1 aromatic rings. The molecule has 2 heterocycles. The van der Waals surface area contributed by atoms with Crippen molar-refractivity contribution in [3.63, 3.8) is 0 Å². The lowest BCUT2D eigenvalue weighted by atomic mass is 10.2. The summed E-state index contributed by atoms with van der Waals surface area (Å²) in [6.45, 7) is 0.670. The number of likely N-dealkylation sites (tertiary alicyclic amines) is 1. The molecular formula is C12H15N3O2. The van der Waals surface area contributed by atoms with Gasteiger partial charge in [0.05, 0.1) is 12.5 Å². The van der Waals surface area contributed by atoms with Gasteiger partial charge in [-0.2, -0.15) is 0 Å². The van der Waals surface area contributed by atoms with Crippen LogP contribution in [0.5, 0.6) is 0 Å². The van der Waals surface area contributed by atoms with E-state index in [1.165, 1.54) is 11.9 Å². The molecule has 0 spiro atoms. The van der Waals surface area contributed by atoms with E-state index < -0.39 is 0 Å². The van der Waals surface area contributed by atoms with Crippen molar-refractivity contribution in [2.45, 2.75) is 18.9 Å². The molecule has 1 aliphatic heterocycles. The van der Waals surface area contributed by atoms with Gasteiger partial charge in [-0.25, -0.2) is 0 Å². The molecule has 2 amide bonds. The molecule has 0 saturated carbocycles. The lowest BCUT2D eigenvalue weighted by molar-refractivity contribution is -0.137. The Morgan fingerprint density at radius 2 is 2.35 bits per heavy atom. The summed E-state index contributed by atoms with van der Waals surface area (Å²) >= 11 is 0. The van der Waals surface area contributed by atoms with Crippen LogP contribution in [0, 0.1) is 0 Å². The summed E-state index contributed by atoms with van der Waals surface area (Å²) in [6.07, 6.45) is 4.60. The quantitative estimate of drug-likeness (QED) is 0.742. The van der Waals surface area contributed by atoms with E-state index >= 15 is 0 Å². The summed E-state index contributed by atoms with van der Waals surface area (Å²) in [5.41, 5.74) is 1.12. The standard InChI is InChI=1S/C12H15N3O2/c1-15-11(16)7-10(12(15)17)14-6-4-9-3-2-5-13-8-9/h2-3,5,8,10,14H,4,6-7H2,1H3. The average Bonchev–Trinajstić information content (AvgIpc) is 2.59. The molecule has 0 bridgehead atoms. The predicted molar refractivity (Wildman–Crippen MR) is 62.1 cm³/mol. The lowest BCUT2D eigenvalue weighted by Crippen LogP contribution is -2.38. The Morgan fingerprint density at radius 1 is 1.53 bits per heavy atom. The van der Waals surface area contributed by atoms with Gasteiger partial charge in [0.2, 0.25) is 11.8 Å². The zero-order valence-electron chi connectivity index (χ0n) is 9.72. The third-order valence-corrected chi connectivity index (χ3v) is 2.91. The average molecular weight is 233 g/mol. The molecule has 1 fully saturated rings. The van der Waals surface area contributed by atoms with Crippen LogP contribution in [0.2, 0.25) is 0 Å². The van der Waals surface area contributed by atoms with Crippen LogP contribution in [0.15, 0.2) is 24.5 Å². The first-order valence-corrected chi connectivity index (χ1v) is 5.61. The molecule has 5 heteroatoms. The van der Waals surface area contributed by atoms with Crippen molar-refractivity contribution in [3.05, 3.63) is 30.1 Å². The molecular weight excluding hydrogens is 218 g/mol. The van der Waals surface area contributed by atoms with E-state index in [1.807, 2.05) is 12.1 Å². The molecule has 1 aliphatic rings. The fraction of sp³-hybridized carbons (Fsp3) is 0.417. The monoisotopic (exact) mass is 233 g/mol. The number of carbonyl (C=O) groups excluding carboxylic acids is 2. The zero-order valence-corrected chi connectivity index (χ0v) is 9.72. The number of pyridine rings is 1. The number of aromatic nitrogens is 1. The third kappa shape index (κ3) is 2.68. The van der Waals surface area contributed by atoms with Crippen LogP contribution in [0.25, 0.3) is 0 Å². The van der Waals surface area contributed by atoms with Crippen molar-refractivity contribution in [1.82, 2.24) is 15.2 Å². The summed E-state index contributed by atoms with van der Waals surface area (Å²) in [7, 11) is 1.52. The molecule has 1 aromatic heterocycles. The Kier molecular flexibility index (Phi) is 3.49. The van der Waals surface area contributed by atoms with Gasteiger partial charge >= 0.3 is 0 Å². The van der Waals surface area contributed by atoms with Gasteiger partial charge in [-0.1, -0.05) is 6.07 Å². The number of carbonyl (C=O) groups is 2. The maximum atomic E-state index is 11.6. The molecule has 0 aromatic carbocycles. The van der Waals surface area contributed by atoms with Crippen molar-refractivity contribution >= 4 is 11.8 Å². The van der Waals surface area contributed by atoms with Gasteiger partial charge in [0.25, 0.3) is 0 Å². The number of nitrogens with one attached hydrogen (secondary N) is 1. The number of likely N-dealkylation sites (N-methyl/N-ethyl adjacent to an activating group) is 1. The van der Waals surface area contributed by atoms with E-state index in [0.29, 0.717) is 6.54 Å². The topological polar surface area (TPSA) is 62.3 Å². The maximum Gasteiger partial charge on any atom is 0.246 e. The van der Waals surface area contributed by atoms with Crippen molar-refractivity contribution in [2.75, 3.05) is 13.6 Å². The van der Waals surface area contributed by atoms with E-state index in [2.05, 4.69) is 10.3 Å². The van der Waals surface area contributed by atoms with Gasteiger partial charge in [-0.05, 0) is 24.6 Å². The molecule has 1 atom stereocenters. The number of rotatable bonds is 4. The van der Waals surface area contributed by atoms with Crippen LogP contribution in [0.3, 0.4) is 0 Å². The molecule has 17 heavy (non-hydrogen) atoms. The molecule has 1 unspecified atom stereocenters. The third-order valence-electron chi connectivity index (χ3n) is 2.91. The van der Waals surface area contributed by atoms with Crippen LogP contribution in [0.4, 0.5) is 0 Å².